The molecular weight excluding hydrogens is 246 g/mol. The second-order valence-corrected chi connectivity index (χ2v) is 5.64. The Labute approximate surface area is 113 Å². The van der Waals surface area contributed by atoms with Crippen molar-refractivity contribution in [1.29, 1.82) is 0 Å². The van der Waals surface area contributed by atoms with Gasteiger partial charge in [0.05, 0.1) is 5.41 Å². The zero-order valence-corrected chi connectivity index (χ0v) is 11.2. The van der Waals surface area contributed by atoms with E-state index in [4.69, 9.17) is 0 Å². The third-order valence-corrected chi connectivity index (χ3v) is 4.28. The minimum absolute atomic E-state index is 0.200. The highest BCUT2D eigenvalue weighted by atomic mass is 16.4. The molecule has 108 valence electrons. The van der Waals surface area contributed by atoms with E-state index in [2.05, 4.69) is 16.0 Å². The predicted octanol–water partition coefficient (Wildman–Crippen LogP) is 0.683. The second-order valence-electron chi connectivity index (χ2n) is 5.64. The molecule has 0 atom stereocenters. The Morgan fingerprint density at radius 3 is 2.42 bits per heavy atom. The fraction of sp³-hybridized carbons (Fsp3) is 0.846. The van der Waals surface area contributed by atoms with Crippen LogP contribution in [0.1, 0.15) is 38.5 Å². The molecule has 0 radical (unpaired) electrons. The minimum Gasteiger partial charge on any atom is -0.481 e. The highest BCUT2D eigenvalue weighted by molar-refractivity contribution is 5.78. The van der Waals surface area contributed by atoms with Crippen molar-refractivity contribution in [2.24, 2.45) is 5.41 Å². The van der Waals surface area contributed by atoms with Gasteiger partial charge in [0.15, 0.2) is 0 Å². The van der Waals surface area contributed by atoms with Crippen molar-refractivity contribution in [3.63, 3.8) is 0 Å². The summed E-state index contributed by atoms with van der Waals surface area (Å²) in [6.45, 7) is 2.08. The topological polar surface area (TPSA) is 90.5 Å². The van der Waals surface area contributed by atoms with Crippen LogP contribution in [0.5, 0.6) is 0 Å². The monoisotopic (exact) mass is 269 g/mol. The van der Waals surface area contributed by atoms with Gasteiger partial charge in [-0.2, -0.15) is 0 Å². The van der Waals surface area contributed by atoms with Crippen LogP contribution < -0.4 is 16.0 Å². The summed E-state index contributed by atoms with van der Waals surface area (Å²) in [5.74, 6) is -0.785. The number of carbonyl (C=O) groups excluding carboxylic acids is 1. The molecule has 0 aromatic rings. The van der Waals surface area contributed by atoms with Crippen LogP contribution in [0.3, 0.4) is 0 Å². The van der Waals surface area contributed by atoms with Crippen LogP contribution in [0, 0.1) is 5.41 Å². The van der Waals surface area contributed by atoms with Gasteiger partial charge in [0.2, 0.25) is 0 Å². The number of carboxylic acids is 1. The summed E-state index contributed by atoms with van der Waals surface area (Å²) in [5.41, 5.74) is -0.745. The number of carbonyl (C=O) groups is 2. The van der Waals surface area contributed by atoms with E-state index in [1.165, 1.54) is 0 Å². The average molecular weight is 269 g/mol. The number of nitrogens with one attached hydrogen (secondary N) is 3. The maximum absolute atomic E-state index is 11.8. The molecule has 6 nitrogen and oxygen atoms in total. The van der Waals surface area contributed by atoms with Crippen molar-refractivity contribution in [3.05, 3.63) is 0 Å². The van der Waals surface area contributed by atoms with Crippen molar-refractivity contribution >= 4 is 12.0 Å². The van der Waals surface area contributed by atoms with Gasteiger partial charge in [-0.05, 0) is 38.8 Å². The lowest BCUT2D eigenvalue weighted by molar-refractivity contribution is -0.148. The van der Waals surface area contributed by atoms with Gasteiger partial charge in [-0.15, -0.1) is 0 Å². The zero-order valence-electron chi connectivity index (χ0n) is 11.2. The van der Waals surface area contributed by atoms with E-state index in [-0.39, 0.29) is 18.6 Å². The molecule has 1 heterocycles. The third kappa shape index (κ3) is 3.59. The van der Waals surface area contributed by atoms with Crippen molar-refractivity contribution in [2.45, 2.75) is 44.6 Å². The lowest BCUT2D eigenvalue weighted by Gasteiger charge is -2.27. The molecule has 1 aliphatic carbocycles. The SMILES string of the molecule is O=C(NCC1(C(=O)O)CCCC1)NC1CCNCC1. The summed E-state index contributed by atoms with van der Waals surface area (Å²) >= 11 is 0. The fourth-order valence-corrected chi connectivity index (χ4v) is 2.97. The van der Waals surface area contributed by atoms with Crippen LogP contribution in [-0.2, 0) is 4.79 Å². The number of rotatable bonds is 4. The number of aliphatic carboxylic acids is 1. The molecule has 2 amide bonds. The van der Waals surface area contributed by atoms with Crippen molar-refractivity contribution in [2.75, 3.05) is 19.6 Å². The number of hydrogen-bond acceptors (Lipinski definition) is 3. The largest absolute Gasteiger partial charge is 0.481 e. The summed E-state index contributed by atoms with van der Waals surface area (Å²) in [5, 5.41) is 18.2. The van der Waals surface area contributed by atoms with E-state index in [9.17, 15) is 14.7 Å². The normalized spacial score (nSPS) is 22.9. The maximum Gasteiger partial charge on any atom is 0.315 e. The van der Waals surface area contributed by atoms with E-state index < -0.39 is 11.4 Å². The number of piperidine rings is 1. The smallest absolute Gasteiger partial charge is 0.315 e. The summed E-state index contributed by atoms with van der Waals surface area (Å²) < 4.78 is 0. The maximum atomic E-state index is 11.8. The Balaban J connectivity index is 1.77. The summed E-state index contributed by atoms with van der Waals surface area (Å²) in [4.78, 5) is 23.1. The van der Waals surface area contributed by atoms with Crippen LogP contribution in [0.15, 0.2) is 0 Å². The number of hydrogen-bond donors (Lipinski definition) is 4. The van der Waals surface area contributed by atoms with Crippen LogP contribution in [-0.4, -0.2) is 42.8 Å². The molecule has 0 bridgehead atoms. The van der Waals surface area contributed by atoms with Crippen LogP contribution in [0.4, 0.5) is 4.79 Å². The van der Waals surface area contributed by atoms with Gasteiger partial charge < -0.3 is 21.1 Å². The minimum atomic E-state index is -0.785. The Morgan fingerprint density at radius 2 is 1.84 bits per heavy atom. The van der Waals surface area contributed by atoms with E-state index in [1.807, 2.05) is 0 Å². The molecular formula is C13H23N3O3. The molecule has 0 unspecified atom stereocenters. The summed E-state index contributed by atoms with van der Waals surface area (Å²) in [6.07, 6.45) is 5.05. The van der Waals surface area contributed by atoms with Crippen LogP contribution in [0.25, 0.3) is 0 Å². The number of urea groups is 1. The molecule has 1 aliphatic heterocycles. The first-order valence-electron chi connectivity index (χ1n) is 7.11. The van der Waals surface area contributed by atoms with E-state index in [0.29, 0.717) is 12.8 Å². The van der Waals surface area contributed by atoms with E-state index in [0.717, 1.165) is 38.8 Å². The molecule has 2 fully saturated rings. The van der Waals surface area contributed by atoms with Gasteiger partial charge in [0.1, 0.15) is 0 Å². The molecule has 0 spiro atoms. The van der Waals surface area contributed by atoms with Gasteiger partial charge in [-0.1, -0.05) is 12.8 Å². The van der Waals surface area contributed by atoms with Gasteiger partial charge in [-0.3, -0.25) is 4.79 Å². The molecule has 1 saturated heterocycles. The molecule has 2 aliphatic rings. The molecule has 4 N–H and O–H groups in total. The standard InChI is InChI=1S/C13H23N3O3/c17-11(18)13(5-1-2-6-13)9-15-12(19)16-10-3-7-14-8-4-10/h10,14H,1-9H2,(H,17,18)(H2,15,16,19). The molecule has 0 aromatic heterocycles. The average Bonchev–Trinajstić information content (AvgIpc) is 2.88. The Kier molecular flexibility index (Phi) is 4.63. The Bertz CT molecular complexity index is 334. The quantitative estimate of drug-likeness (QED) is 0.604. The fourth-order valence-electron chi connectivity index (χ4n) is 2.97. The molecule has 2 rings (SSSR count). The predicted molar refractivity (Wildman–Crippen MR) is 71.0 cm³/mol. The Hall–Kier alpha value is -1.30. The van der Waals surface area contributed by atoms with Crippen LogP contribution in [0.2, 0.25) is 0 Å². The molecule has 19 heavy (non-hydrogen) atoms. The first-order chi connectivity index (χ1) is 9.12. The first-order valence-corrected chi connectivity index (χ1v) is 7.11. The van der Waals surface area contributed by atoms with Crippen molar-refractivity contribution in [3.8, 4) is 0 Å². The van der Waals surface area contributed by atoms with Gasteiger partial charge in [0, 0.05) is 12.6 Å². The van der Waals surface area contributed by atoms with Crippen LogP contribution >= 0.6 is 0 Å². The highest BCUT2D eigenvalue weighted by Gasteiger charge is 2.41. The van der Waals surface area contributed by atoms with E-state index in [1.54, 1.807) is 0 Å². The third-order valence-electron chi connectivity index (χ3n) is 4.28. The van der Waals surface area contributed by atoms with Gasteiger partial charge >= 0.3 is 12.0 Å². The molecule has 6 heteroatoms. The summed E-state index contributed by atoms with van der Waals surface area (Å²) in [7, 11) is 0. The zero-order chi connectivity index (χ0) is 13.7. The van der Waals surface area contributed by atoms with Gasteiger partial charge in [-0.25, -0.2) is 4.79 Å². The summed E-state index contributed by atoms with van der Waals surface area (Å²) in [6, 6.07) is -0.0370. The molecule has 0 aromatic carbocycles. The van der Waals surface area contributed by atoms with Crippen molar-refractivity contribution < 1.29 is 14.7 Å². The highest BCUT2D eigenvalue weighted by Crippen LogP contribution is 2.37. The Morgan fingerprint density at radius 1 is 1.21 bits per heavy atom. The molecule has 1 saturated carbocycles. The second kappa shape index (κ2) is 6.23. The van der Waals surface area contributed by atoms with Gasteiger partial charge in [0.25, 0.3) is 0 Å². The number of carboxylic acid groups (broad SMARTS) is 1. The first kappa shape index (κ1) is 14.1. The van der Waals surface area contributed by atoms with E-state index >= 15 is 0 Å². The lowest BCUT2D eigenvalue weighted by Crippen LogP contribution is -2.50. The lowest BCUT2D eigenvalue weighted by atomic mass is 9.86. The van der Waals surface area contributed by atoms with Crippen molar-refractivity contribution in [1.82, 2.24) is 16.0 Å². The number of amides is 2.